The first-order chi connectivity index (χ1) is 10.1. The van der Waals surface area contributed by atoms with Crippen LogP contribution in [-0.4, -0.2) is 22.5 Å². The Balaban J connectivity index is 2.25. The van der Waals surface area contributed by atoms with Crippen LogP contribution in [-0.2, 0) is 4.74 Å². The summed E-state index contributed by atoms with van der Waals surface area (Å²) in [7, 11) is 0. The molecule has 2 aromatic rings. The summed E-state index contributed by atoms with van der Waals surface area (Å²) >= 11 is 0. The van der Waals surface area contributed by atoms with Crippen LogP contribution >= 0.6 is 0 Å². The Hall–Kier alpha value is -2.63. The molecule has 0 aliphatic rings. The number of nitrogens with zero attached hydrogens (tertiary/aromatic N) is 2. The fourth-order valence-corrected chi connectivity index (χ4v) is 1.88. The topological polar surface area (TPSA) is 90.1 Å². The minimum absolute atomic E-state index is 0.0528. The van der Waals surface area contributed by atoms with E-state index in [-0.39, 0.29) is 6.04 Å². The molecule has 21 heavy (non-hydrogen) atoms. The van der Waals surface area contributed by atoms with E-state index in [1.54, 1.807) is 25.4 Å². The predicted octanol–water partition coefficient (Wildman–Crippen LogP) is 2.41. The second-order valence-electron chi connectivity index (χ2n) is 4.54. The van der Waals surface area contributed by atoms with Gasteiger partial charge in [-0.25, -0.2) is 9.78 Å². The molecule has 0 fully saturated rings. The highest BCUT2D eigenvalue weighted by Gasteiger charge is 2.16. The third kappa shape index (κ3) is 3.68. The van der Waals surface area contributed by atoms with Crippen molar-refractivity contribution in [3.05, 3.63) is 47.9 Å². The van der Waals surface area contributed by atoms with Gasteiger partial charge in [0.1, 0.15) is 11.4 Å². The molecular formula is C15H18N4O2. The van der Waals surface area contributed by atoms with Crippen molar-refractivity contribution >= 4 is 17.5 Å². The molecule has 0 spiro atoms. The Morgan fingerprint density at radius 3 is 2.95 bits per heavy atom. The van der Waals surface area contributed by atoms with Crippen molar-refractivity contribution < 1.29 is 9.53 Å². The maximum Gasteiger partial charge on any atom is 0.341 e. The van der Waals surface area contributed by atoms with Crippen molar-refractivity contribution in [2.75, 3.05) is 17.7 Å². The van der Waals surface area contributed by atoms with Crippen LogP contribution in [0.25, 0.3) is 0 Å². The van der Waals surface area contributed by atoms with E-state index in [0.717, 1.165) is 5.56 Å². The number of carbonyl (C=O) groups is 1. The van der Waals surface area contributed by atoms with Crippen molar-refractivity contribution in [2.24, 2.45) is 0 Å². The van der Waals surface area contributed by atoms with E-state index in [4.69, 9.17) is 10.5 Å². The van der Waals surface area contributed by atoms with Gasteiger partial charge in [-0.15, -0.1) is 0 Å². The van der Waals surface area contributed by atoms with Crippen LogP contribution in [0.15, 0.2) is 36.8 Å². The fourth-order valence-electron chi connectivity index (χ4n) is 1.88. The van der Waals surface area contributed by atoms with E-state index in [0.29, 0.717) is 23.7 Å². The van der Waals surface area contributed by atoms with Gasteiger partial charge in [-0.05, 0) is 31.5 Å². The summed E-state index contributed by atoms with van der Waals surface area (Å²) < 4.78 is 5.02. The zero-order valence-electron chi connectivity index (χ0n) is 12.0. The van der Waals surface area contributed by atoms with Gasteiger partial charge in [0.2, 0.25) is 0 Å². The van der Waals surface area contributed by atoms with Crippen LogP contribution < -0.4 is 11.1 Å². The van der Waals surface area contributed by atoms with E-state index in [1.165, 1.54) is 6.20 Å². The van der Waals surface area contributed by atoms with Gasteiger partial charge in [-0.1, -0.05) is 6.07 Å². The van der Waals surface area contributed by atoms with Crippen LogP contribution in [0.5, 0.6) is 0 Å². The predicted molar refractivity (Wildman–Crippen MR) is 80.9 cm³/mol. The van der Waals surface area contributed by atoms with Gasteiger partial charge in [-0.3, -0.25) is 4.98 Å². The number of hydrogen-bond acceptors (Lipinski definition) is 6. The molecule has 0 aliphatic carbocycles. The number of ether oxygens (including phenoxy) is 1. The summed E-state index contributed by atoms with van der Waals surface area (Å²) in [4.78, 5) is 20.2. The van der Waals surface area contributed by atoms with Crippen LogP contribution in [0.2, 0.25) is 0 Å². The molecule has 0 saturated carbocycles. The average Bonchev–Trinajstić information content (AvgIpc) is 2.50. The molecule has 3 N–H and O–H groups in total. The van der Waals surface area contributed by atoms with Crippen molar-refractivity contribution in [3.8, 4) is 0 Å². The van der Waals surface area contributed by atoms with Crippen molar-refractivity contribution in [1.82, 2.24) is 9.97 Å². The third-order valence-electron chi connectivity index (χ3n) is 2.94. The number of hydrogen-bond donors (Lipinski definition) is 2. The SMILES string of the molecule is CCOC(=O)c1cc(N)cnc1NC(C)c1cccnc1. The number of esters is 1. The first kappa shape index (κ1) is 14.8. The highest BCUT2D eigenvalue weighted by Crippen LogP contribution is 2.22. The van der Waals surface area contributed by atoms with Crippen molar-refractivity contribution in [2.45, 2.75) is 19.9 Å². The van der Waals surface area contributed by atoms with E-state index < -0.39 is 5.97 Å². The fraction of sp³-hybridized carbons (Fsp3) is 0.267. The van der Waals surface area contributed by atoms with Crippen LogP contribution in [0.4, 0.5) is 11.5 Å². The molecule has 1 unspecified atom stereocenters. The monoisotopic (exact) mass is 286 g/mol. The van der Waals surface area contributed by atoms with Gasteiger partial charge < -0.3 is 15.8 Å². The molecule has 2 aromatic heterocycles. The largest absolute Gasteiger partial charge is 0.462 e. The van der Waals surface area contributed by atoms with Gasteiger partial charge in [0.25, 0.3) is 0 Å². The normalized spacial score (nSPS) is 11.7. The molecular weight excluding hydrogens is 268 g/mol. The van der Waals surface area contributed by atoms with Gasteiger partial charge in [0.05, 0.1) is 24.5 Å². The number of pyridine rings is 2. The summed E-state index contributed by atoms with van der Waals surface area (Å²) in [6.45, 7) is 4.01. The van der Waals surface area contributed by atoms with E-state index in [1.807, 2.05) is 19.1 Å². The number of nitrogens with one attached hydrogen (secondary N) is 1. The lowest BCUT2D eigenvalue weighted by Crippen LogP contribution is -2.14. The molecule has 0 radical (unpaired) electrons. The van der Waals surface area contributed by atoms with E-state index >= 15 is 0 Å². The number of anilines is 2. The quantitative estimate of drug-likeness (QED) is 0.820. The summed E-state index contributed by atoms with van der Waals surface area (Å²) in [6.07, 6.45) is 4.97. The lowest BCUT2D eigenvalue weighted by molar-refractivity contribution is 0.0527. The molecule has 0 saturated heterocycles. The summed E-state index contributed by atoms with van der Waals surface area (Å²) in [5.41, 5.74) is 7.43. The third-order valence-corrected chi connectivity index (χ3v) is 2.94. The first-order valence-electron chi connectivity index (χ1n) is 6.71. The minimum Gasteiger partial charge on any atom is -0.462 e. The molecule has 2 heterocycles. The van der Waals surface area contributed by atoms with Gasteiger partial charge in [0.15, 0.2) is 0 Å². The highest BCUT2D eigenvalue weighted by molar-refractivity contribution is 5.95. The number of nitrogens with two attached hydrogens (primary N) is 1. The number of aromatic nitrogens is 2. The molecule has 1 atom stereocenters. The van der Waals surface area contributed by atoms with Crippen LogP contribution in [0, 0.1) is 0 Å². The molecule has 0 amide bonds. The maximum atomic E-state index is 12.0. The Morgan fingerprint density at radius 1 is 1.48 bits per heavy atom. The second-order valence-corrected chi connectivity index (χ2v) is 4.54. The zero-order chi connectivity index (χ0) is 15.2. The Morgan fingerprint density at radius 2 is 2.29 bits per heavy atom. The standard InChI is InChI=1S/C15H18N4O2/c1-3-21-15(20)13-7-12(16)9-18-14(13)19-10(2)11-5-4-6-17-8-11/h4-10H,3,16H2,1-2H3,(H,18,19). The maximum absolute atomic E-state index is 12.0. The smallest absolute Gasteiger partial charge is 0.341 e. The van der Waals surface area contributed by atoms with Gasteiger partial charge >= 0.3 is 5.97 Å². The average molecular weight is 286 g/mol. The lowest BCUT2D eigenvalue weighted by atomic mass is 10.1. The Bertz CT molecular complexity index is 616. The molecule has 0 aliphatic heterocycles. The summed E-state index contributed by atoms with van der Waals surface area (Å²) in [5.74, 6) is -0.00260. The van der Waals surface area contributed by atoms with E-state index in [2.05, 4.69) is 15.3 Å². The molecule has 0 aromatic carbocycles. The molecule has 0 bridgehead atoms. The number of carbonyl (C=O) groups excluding carboxylic acids is 1. The van der Waals surface area contributed by atoms with E-state index in [9.17, 15) is 4.79 Å². The van der Waals surface area contributed by atoms with Gasteiger partial charge in [-0.2, -0.15) is 0 Å². The summed E-state index contributed by atoms with van der Waals surface area (Å²) in [6, 6.07) is 5.31. The zero-order valence-corrected chi connectivity index (χ0v) is 12.0. The number of nitrogen functional groups attached to an aromatic ring is 1. The van der Waals surface area contributed by atoms with Crippen LogP contribution in [0.3, 0.4) is 0 Å². The summed E-state index contributed by atoms with van der Waals surface area (Å²) in [5, 5.41) is 3.19. The Labute approximate surface area is 123 Å². The van der Waals surface area contributed by atoms with Crippen molar-refractivity contribution in [1.29, 1.82) is 0 Å². The molecule has 6 nitrogen and oxygen atoms in total. The Kier molecular flexibility index (Phi) is 4.71. The van der Waals surface area contributed by atoms with Crippen molar-refractivity contribution in [3.63, 3.8) is 0 Å². The number of rotatable bonds is 5. The molecule has 110 valence electrons. The highest BCUT2D eigenvalue weighted by atomic mass is 16.5. The van der Waals surface area contributed by atoms with Gasteiger partial charge in [0, 0.05) is 12.4 Å². The molecule has 6 heteroatoms. The second kappa shape index (κ2) is 6.69. The lowest BCUT2D eigenvalue weighted by Gasteiger charge is -2.17. The van der Waals surface area contributed by atoms with Crippen LogP contribution in [0.1, 0.15) is 35.8 Å². The first-order valence-corrected chi connectivity index (χ1v) is 6.71. The minimum atomic E-state index is -0.446. The molecule has 2 rings (SSSR count).